The van der Waals surface area contributed by atoms with Gasteiger partial charge in [0.25, 0.3) is 5.91 Å². The van der Waals surface area contributed by atoms with Crippen LogP contribution in [0.15, 0.2) is 48.5 Å². The van der Waals surface area contributed by atoms with E-state index in [0.29, 0.717) is 17.8 Å². The van der Waals surface area contributed by atoms with Crippen molar-refractivity contribution in [2.75, 3.05) is 12.4 Å². The number of nitriles is 1. The van der Waals surface area contributed by atoms with E-state index in [4.69, 9.17) is 5.26 Å². The summed E-state index contributed by atoms with van der Waals surface area (Å²) in [5.74, 6) is -0.461. The molecule has 2 aromatic carbocycles. The van der Waals surface area contributed by atoms with Crippen LogP contribution in [-0.4, -0.2) is 19.0 Å². The van der Waals surface area contributed by atoms with Crippen molar-refractivity contribution in [2.45, 2.75) is 19.5 Å². The average molecular weight is 312 g/mol. The highest BCUT2D eigenvalue weighted by molar-refractivity contribution is 5.94. The first kappa shape index (κ1) is 16.7. The van der Waals surface area contributed by atoms with E-state index >= 15 is 0 Å². The molecule has 0 aliphatic heterocycles. The zero-order valence-corrected chi connectivity index (χ0v) is 13.1. The molecule has 2 rings (SSSR count). The number of halogens is 1. The predicted octanol–water partition coefficient (Wildman–Crippen LogP) is 1.74. The Morgan fingerprint density at radius 3 is 2.74 bits per heavy atom. The van der Waals surface area contributed by atoms with Crippen molar-refractivity contribution in [2.24, 2.45) is 0 Å². The Labute approximate surface area is 135 Å². The molecule has 0 saturated heterocycles. The second kappa shape index (κ2) is 7.52. The van der Waals surface area contributed by atoms with Gasteiger partial charge in [-0.1, -0.05) is 24.3 Å². The Balaban J connectivity index is 2.03. The normalized spacial score (nSPS) is 13.0. The lowest BCUT2D eigenvalue weighted by Crippen LogP contribution is -3.12. The smallest absolute Gasteiger partial charge is 0.282 e. The molecule has 0 bridgehead atoms. The van der Waals surface area contributed by atoms with Gasteiger partial charge in [-0.25, -0.2) is 4.39 Å². The van der Waals surface area contributed by atoms with Gasteiger partial charge in [-0.3, -0.25) is 4.79 Å². The van der Waals surface area contributed by atoms with Crippen molar-refractivity contribution >= 4 is 11.6 Å². The number of likely N-dealkylation sites (N-methyl/N-ethyl adjacent to an activating group) is 1. The summed E-state index contributed by atoms with van der Waals surface area (Å²) in [5, 5.41) is 11.8. The van der Waals surface area contributed by atoms with Gasteiger partial charge in [0.1, 0.15) is 18.4 Å². The molecule has 0 aromatic heterocycles. The Morgan fingerprint density at radius 1 is 1.30 bits per heavy atom. The van der Waals surface area contributed by atoms with E-state index in [1.54, 1.807) is 37.3 Å². The molecule has 0 fully saturated rings. The minimum atomic E-state index is -0.343. The first-order valence-corrected chi connectivity index (χ1v) is 7.38. The van der Waals surface area contributed by atoms with Gasteiger partial charge in [0, 0.05) is 5.56 Å². The van der Waals surface area contributed by atoms with Gasteiger partial charge in [-0.2, -0.15) is 5.26 Å². The summed E-state index contributed by atoms with van der Waals surface area (Å²) in [6.45, 7) is 2.34. The van der Waals surface area contributed by atoms with E-state index in [1.165, 1.54) is 12.1 Å². The van der Waals surface area contributed by atoms with Crippen LogP contribution >= 0.6 is 0 Å². The van der Waals surface area contributed by atoms with E-state index in [-0.39, 0.29) is 17.8 Å². The third-order valence-corrected chi connectivity index (χ3v) is 3.81. The number of amides is 1. The van der Waals surface area contributed by atoms with Crippen LogP contribution in [-0.2, 0) is 11.3 Å². The highest BCUT2D eigenvalue weighted by Gasteiger charge is 2.22. The minimum absolute atomic E-state index is 0.179. The number of hydrogen-bond donors (Lipinski definition) is 2. The molecule has 23 heavy (non-hydrogen) atoms. The van der Waals surface area contributed by atoms with Crippen LogP contribution in [0, 0.1) is 17.1 Å². The monoisotopic (exact) mass is 312 g/mol. The van der Waals surface area contributed by atoms with Crippen LogP contribution in [0.5, 0.6) is 0 Å². The van der Waals surface area contributed by atoms with Crippen molar-refractivity contribution in [1.82, 2.24) is 0 Å². The third-order valence-electron chi connectivity index (χ3n) is 3.81. The Hall–Kier alpha value is -2.71. The van der Waals surface area contributed by atoms with Gasteiger partial charge in [0.05, 0.1) is 18.3 Å². The Kier molecular flexibility index (Phi) is 5.45. The van der Waals surface area contributed by atoms with Crippen molar-refractivity contribution < 1.29 is 14.1 Å². The third kappa shape index (κ3) is 4.38. The number of quaternary nitrogens is 1. The van der Waals surface area contributed by atoms with E-state index in [2.05, 4.69) is 11.4 Å². The van der Waals surface area contributed by atoms with Crippen LogP contribution in [0.3, 0.4) is 0 Å². The second-order valence-electron chi connectivity index (χ2n) is 5.52. The number of anilines is 1. The molecule has 0 aliphatic carbocycles. The first-order chi connectivity index (χ1) is 11.0. The Morgan fingerprint density at radius 2 is 2.04 bits per heavy atom. The van der Waals surface area contributed by atoms with Crippen LogP contribution in [0.4, 0.5) is 10.1 Å². The molecule has 1 unspecified atom stereocenters. The van der Waals surface area contributed by atoms with Gasteiger partial charge in [-0.15, -0.1) is 0 Å². The summed E-state index contributed by atoms with van der Waals surface area (Å²) < 4.78 is 13.2. The van der Waals surface area contributed by atoms with Crippen LogP contribution in [0.25, 0.3) is 0 Å². The molecule has 0 aliphatic rings. The van der Waals surface area contributed by atoms with Crippen LogP contribution < -0.4 is 10.2 Å². The summed E-state index contributed by atoms with van der Waals surface area (Å²) in [6.07, 6.45) is 0. The number of para-hydroxylation sites is 1. The summed E-state index contributed by atoms with van der Waals surface area (Å²) >= 11 is 0. The number of hydrogen-bond acceptors (Lipinski definition) is 2. The van der Waals surface area contributed by atoms with E-state index < -0.39 is 0 Å². The largest absolute Gasteiger partial charge is 0.324 e. The van der Waals surface area contributed by atoms with Crippen molar-refractivity contribution in [3.8, 4) is 6.07 Å². The molecule has 2 aromatic rings. The molecule has 0 radical (unpaired) electrons. The molecule has 2 N–H and O–H groups in total. The molecule has 4 nitrogen and oxygen atoms in total. The maximum absolute atomic E-state index is 13.2. The number of nitrogens with one attached hydrogen (secondary N) is 2. The zero-order chi connectivity index (χ0) is 16.8. The minimum Gasteiger partial charge on any atom is -0.324 e. The molecule has 0 heterocycles. The van der Waals surface area contributed by atoms with Gasteiger partial charge < -0.3 is 10.2 Å². The molecular weight excluding hydrogens is 293 g/mol. The highest BCUT2D eigenvalue weighted by Crippen LogP contribution is 2.13. The lowest BCUT2D eigenvalue weighted by molar-refractivity contribution is -0.907. The first-order valence-electron chi connectivity index (χ1n) is 7.38. The molecule has 1 amide bonds. The molecule has 118 valence electrons. The summed E-state index contributed by atoms with van der Waals surface area (Å²) in [5.41, 5.74) is 1.76. The predicted molar refractivity (Wildman–Crippen MR) is 86.2 cm³/mol. The lowest BCUT2D eigenvalue weighted by atomic mass is 10.1. The van der Waals surface area contributed by atoms with Crippen molar-refractivity contribution in [3.05, 3.63) is 65.5 Å². The summed E-state index contributed by atoms with van der Waals surface area (Å²) in [4.78, 5) is 13.3. The SMILES string of the molecule is C[C@H](C(=O)Nc1ccccc1C#N)[NH+](C)Cc1cccc(F)c1. The molecule has 2 atom stereocenters. The summed E-state index contributed by atoms with van der Waals surface area (Å²) in [6, 6.07) is 14.9. The Bertz CT molecular complexity index is 739. The van der Waals surface area contributed by atoms with Crippen LogP contribution in [0.2, 0.25) is 0 Å². The fourth-order valence-corrected chi connectivity index (χ4v) is 2.28. The van der Waals surface area contributed by atoms with Gasteiger partial charge >= 0.3 is 0 Å². The zero-order valence-electron chi connectivity index (χ0n) is 13.1. The number of carbonyl (C=O) groups is 1. The van der Waals surface area contributed by atoms with Crippen LogP contribution in [0.1, 0.15) is 18.1 Å². The number of nitrogens with zero attached hydrogens (tertiary/aromatic N) is 1. The van der Waals surface area contributed by atoms with Gasteiger partial charge in [-0.05, 0) is 31.2 Å². The average Bonchev–Trinajstić information content (AvgIpc) is 2.54. The van der Waals surface area contributed by atoms with Crippen molar-refractivity contribution in [3.63, 3.8) is 0 Å². The van der Waals surface area contributed by atoms with Gasteiger partial charge in [0.2, 0.25) is 0 Å². The molecule has 5 heteroatoms. The number of benzene rings is 2. The lowest BCUT2D eigenvalue weighted by Gasteiger charge is -2.21. The number of carbonyl (C=O) groups excluding carboxylic acids is 1. The highest BCUT2D eigenvalue weighted by atomic mass is 19.1. The molecule has 0 spiro atoms. The second-order valence-corrected chi connectivity index (χ2v) is 5.52. The standard InChI is InChI=1S/C18H18FN3O/c1-13(22(2)12-14-6-5-8-16(19)10-14)18(23)21-17-9-4-3-7-15(17)11-20/h3-10,13H,12H2,1-2H3,(H,21,23)/p+1/t13-/m1/s1. The fourth-order valence-electron chi connectivity index (χ4n) is 2.28. The molecular formula is C18H19FN3O+. The summed E-state index contributed by atoms with van der Waals surface area (Å²) in [7, 11) is 1.88. The maximum atomic E-state index is 13.2. The van der Waals surface area contributed by atoms with E-state index in [0.717, 1.165) is 10.5 Å². The fraction of sp³-hybridized carbons (Fsp3) is 0.222. The van der Waals surface area contributed by atoms with E-state index in [9.17, 15) is 9.18 Å². The van der Waals surface area contributed by atoms with E-state index in [1.807, 2.05) is 13.1 Å². The van der Waals surface area contributed by atoms with Crippen molar-refractivity contribution in [1.29, 1.82) is 5.26 Å². The molecule has 0 saturated carbocycles. The maximum Gasteiger partial charge on any atom is 0.282 e. The number of rotatable bonds is 5. The van der Waals surface area contributed by atoms with Gasteiger partial charge in [0.15, 0.2) is 6.04 Å². The topological polar surface area (TPSA) is 57.3 Å². The quantitative estimate of drug-likeness (QED) is 0.883.